The Balaban J connectivity index is 3.01. The summed E-state index contributed by atoms with van der Waals surface area (Å²) in [4.78, 5) is 10.9. The minimum absolute atomic E-state index is 0.187. The van der Waals surface area contributed by atoms with E-state index in [0.717, 1.165) is 12.8 Å². The lowest BCUT2D eigenvalue weighted by molar-refractivity contribution is -0.114. The number of unbranched alkanes of at least 4 members (excludes halogenated alkanes) is 9. The molecule has 0 aliphatic carbocycles. The van der Waals surface area contributed by atoms with E-state index in [1.807, 2.05) is 6.08 Å². The zero-order chi connectivity index (χ0) is 12.8. The van der Waals surface area contributed by atoms with Crippen molar-refractivity contribution in [2.45, 2.75) is 70.6 Å². The summed E-state index contributed by atoms with van der Waals surface area (Å²) >= 11 is 0. The molecule has 17 heavy (non-hydrogen) atoms. The second-order valence-corrected chi connectivity index (χ2v) is 4.68. The highest BCUT2D eigenvalue weighted by molar-refractivity contribution is 5.88. The summed E-state index contributed by atoms with van der Waals surface area (Å²) in [6, 6.07) is 0. The maximum absolute atomic E-state index is 10.9. The third-order valence-corrected chi connectivity index (χ3v) is 3.06. The Hall–Kier alpha value is -0.850. The second kappa shape index (κ2) is 13.2. The van der Waals surface area contributed by atoms with E-state index in [0.29, 0.717) is 6.42 Å². The topological polar surface area (TPSA) is 17.1 Å². The van der Waals surface area contributed by atoms with E-state index in [1.165, 1.54) is 57.4 Å². The van der Waals surface area contributed by atoms with E-state index in [2.05, 4.69) is 13.2 Å². The van der Waals surface area contributed by atoms with Crippen LogP contribution in [0.2, 0.25) is 0 Å². The SMILES string of the molecule is C=CCCCCCCCCCCCC(=O)C=C. The Morgan fingerprint density at radius 3 is 1.71 bits per heavy atom. The normalized spacial score (nSPS) is 10.1. The summed E-state index contributed by atoms with van der Waals surface area (Å²) < 4.78 is 0. The number of carbonyl (C=O) groups is 1. The number of ketones is 1. The van der Waals surface area contributed by atoms with Crippen molar-refractivity contribution in [3.63, 3.8) is 0 Å². The van der Waals surface area contributed by atoms with Crippen LogP contribution < -0.4 is 0 Å². The van der Waals surface area contributed by atoms with Crippen LogP contribution in [0.1, 0.15) is 70.6 Å². The molecule has 0 aliphatic heterocycles. The van der Waals surface area contributed by atoms with Crippen molar-refractivity contribution in [2.24, 2.45) is 0 Å². The van der Waals surface area contributed by atoms with Crippen LogP contribution >= 0.6 is 0 Å². The molecule has 0 N–H and O–H groups in total. The van der Waals surface area contributed by atoms with Gasteiger partial charge in [0.25, 0.3) is 0 Å². The van der Waals surface area contributed by atoms with Gasteiger partial charge in [-0.15, -0.1) is 6.58 Å². The van der Waals surface area contributed by atoms with Gasteiger partial charge in [-0.05, 0) is 25.3 Å². The molecule has 0 radical (unpaired) electrons. The fourth-order valence-electron chi connectivity index (χ4n) is 1.93. The quantitative estimate of drug-likeness (QED) is 0.243. The molecule has 0 bridgehead atoms. The zero-order valence-corrected chi connectivity index (χ0v) is 11.3. The summed E-state index contributed by atoms with van der Waals surface area (Å²) in [5.74, 6) is 0.187. The summed E-state index contributed by atoms with van der Waals surface area (Å²) in [6.07, 6.45) is 16.8. The number of carbonyl (C=O) groups excluding carboxylic acids is 1. The first-order valence-corrected chi connectivity index (χ1v) is 7.07. The van der Waals surface area contributed by atoms with Crippen molar-refractivity contribution < 1.29 is 4.79 Å². The van der Waals surface area contributed by atoms with Gasteiger partial charge in [-0.2, -0.15) is 0 Å². The van der Waals surface area contributed by atoms with Crippen LogP contribution in [0.5, 0.6) is 0 Å². The van der Waals surface area contributed by atoms with Crippen LogP contribution in [0.15, 0.2) is 25.3 Å². The molecule has 0 atom stereocenters. The molecule has 0 aromatic rings. The molecule has 0 amide bonds. The van der Waals surface area contributed by atoms with Gasteiger partial charge in [-0.1, -0.05) is 57.6 Å². The van der Waals surface area contributed by atoms with Crippen molar-refractivity contribution in [1.29, 1.82) is 0 Å². The molecule has 0 saturated heterocycles. The molecule has 98 valence electrons. The minimum Gasteiger partial charge on any atom is -0.295 e. The lowest BCUT2D eigenvalue weighted by atomic mass is 10.0. The summed E-state index contributed by atoms with van der Waals surface area (Å²) in [5.41, 5.74) is 0. The van der Waals surface area contributed by atoms with Gasteiger partial charge in [0.15, 0.2) is 5.78 Å². The van der Waals surface area contributed by atoms with Gasteiger partial charge in [0.1, 0.15) is 0 Å². The molecular formula is C16H28O. The number of hydrogen-bond acceptors (Lipinski definition) is 1. The summed E-state index contributed by atoms with van der Waals surface area (Å²) in [6.45, 7) is 7.20. The highest BCUT2D eigenvalue weighted by atomic mass is 16.1. The lowest BCUT2D eigenvalue weighted by Gasteiger charge is -2.01. The lowest BCUT2D eigenvalue weighted by Crippen LogP contribution is -1.91. The van der Waals surface area contributed by atoms with Gasteiger partial charge in [0.2, 0.25) is 0 Å². The first kappa shape index (κ1) is 16.1. The average Bonchev–Trinajstić information content (AvgIpc) is 2.35. The third kappa shape index (κ3) is 13.1. The Labute approximate surface area is 107 Å². The molecule has 0 unspecified atom stereocenters. The van der Waals surface area contributed by atoms with Crippen molar-refractivity contribution in [1.82, 2.24) is 0 Å². The first-order chi connectivity index (χ1) is 8.31. The predicted molar refractivity (Wildman–Crippen MR) is 76.2 cm³/mol. The predicted octanol–water partition coefficient (Wildman–Crippen LogP) is 5.22. The third-order valence-electron chi connectivity index (χ3n) is 3.06. The van der Waals surface area contributed by atoms with E-state index >= 15 is 0 Å². The molecule has 0 saturated carbocycles. The molecule has 0 spiro atoms. The Morgan fingerprint density at radius 1 is 0.765 bits per heavy atom. The fraction of sp³-hybridized carbons (Fsp3) is 0.688. The van der Waals surface area contributed by atoms with E-state index in [9.17, 15) is 4.79 Å². The largest absolute Gasteiger partial charge is 0.295 e. The van der Waals surface area contributed by atoms with Crippen LogP contribution in [-0.2, 0) is 4.79 Å². The Morgan fingerprint density at radius 2 is 1.24 bits per heavy atom. The van der Waals surface area contributed by atoms with Gasteiger partial charge >= 0.3 is 0 Å². The Bertz CT molecular complexity index is 206. The molecular weight excluding hydrogens is 208 g/mol. The van der Waals surface area contributed by atoms with E-state index in [-0.39, 0.29) is 5.78 Å². The molecule has 0 rings (SSSR count). The highest BCUT2D eigenvalue weighted by Crippen LogP contribution is 2.11. The molecule has 0 heterocycles. The van der Waals surface area contributed by atoms with Gasteiger partial charge < -0.3 is 0 Å². The van der Waals surface area contributed by atoms with Crippen molar-refractivity contribution in [3.8, 4) is 0 Å². The minimum atomic E-state index is 0.187. The van der Waals surface area contributed by atoms with Crippen LogP contribution in [0, 0.1) is 0 Å². The van der Waals surface area contributed by atoms with E-state index < -0.39 is 0 Å². The Kier molecular flexibility index (Phi) is 12.6. The molecule has 0 aromatic heterocycles. The fourth-order valence-corrected chi connectivity index (χ4v) is 1.93. The zero-order valence-electron chi connectivity index (χ0n) is 11.3. The van der Waals surface area contributed by atoms with Crippen LogP contribution in [-0.4, -0.2) is 5.78 Å². The van der Waals surface area contributed by atoms with Crippen LogP contribution in [0.3, 0.4) is 0 Å². The smallest absolute Gasteiger partial charge is 0.155 e. The van der Waals surface area contributed by atoms with Gasteiger partial charge in [0, 0.05) is 6.42 Å². The number of allylic oxidation sites excluding steroid dienone is 2. The average molecular weight is 236 g/mol. The summed E-state index contributed by atoms with van der Waals surface area (Å²) in [5, 5.41) is 0. The number of hydrogen-bond donors (Lipinski definition) is 0. The van der Waals surface area contributed by atoms with Gasteiger partial charge in [-0.3, -0.25) is 4.79 Å². The monoisotopic (exact) mass is 236 g/mol. The molecule has 0 aromatic carbocycles. The maximum atomic E-state index is 10.9. The highest BCUT2D eigenvalue weighted by Gasteiger charge is 1.96. The number of rotatable bonds is 13. The standard InChI is InChI=1S/C16H28O/c1-3-5-6-7-8-9-10-11-12-13-14-15-16(17)4-2/h3-4H,1-2,5-15H2. The molecule has 0 aliphatic rings. The van der Waals surface area contributed by atoms with Crippen LogP contribution in [0.25, 0.3) is 0 Å². The van der Waals surface area contributed by atoms with Crippen LogP contribution in [0.4, 0.5) is 0 Å². The van der Waals surface area contributed by atoms with Crippen molar-refractivity contribution >= 4 is 5.78 Å². The van der Waals surface area contributed by atoms with Crippen molar-refractivity contribution in [3.05, 3.63) is 25.3 Å². The summed E-state index contributed by atoms with van der Waals surface area (Å²) in [7, 11) is 0. The molecule has 1 heteroatoms. The maximum Gasteiger partial charge on any atom is 0.155 e. The van der Waals surface area contributed by atoms with Crippen molar-refractivity contribution in [2.75, 3.05) is 0 Å². The van der Waals surface area contributed by atoms with E-state index in [4.69, 9.17) is 0 Å². The first-order valence-electron chi connectivity index (χ1n) is 7.07. The molecule has 0 fully saturated rings. The second-order valence-electron chi connectivity index (χ2n) is 4.68. The van der Waals surface area contributed by atoms with Gasteiger partial charge in [-0.25, -0.2) is 0 Å². The van der Waals surface area contributed by atoms with E-state index in [1.54, 1.807) is 0 Å². The molecule has 1 nitrogen and oxygen atoms in total. The van der Waals surface area contributed by atoms with Gasteiger partial charge in [0.05, 0.1) is 0 Å².